The number of nitrogens with two attached hydrogens (primary N) is 1. The van der Waals surface area contributed by atoms with E-state index in [0.29, 0.717) is 10.6 Å². The summed E-state index contributed by atoms with van der Waals surface area (Å²) in [5.74, 6) is -0.269. The van der Waals surface area contributed by atoms with Crippen molar-refractivity contribution >= 4 is 17.7 Å². The smallest absolute Gasteiger partial charge is 0.227 e. The van der Waals surface area contributed by atoms with E-state index < -0.39 is 5.91 Å². The second kappa shape index (κ2) is 4.80. The summed E-state index contributed by atoms with van der Waals surface area (Å²) in [4.78, 5) is 14.8. The molecular formula is C10H11N3OS. The molecule has 1 amide bonds. The zero-order valence-electron chi connectivity index (χ0n) is 8.57. The molecule has 0 bridgehead atoms. The molecule has 78 valence electrons. The minimum absolute atomic E-state index is 0.143. The summed E-state index contributed by atoms with van der Waals surface area (Å²) in [6.07, 6.45) is 0. The Morgan fingerprint density at radius 1 is 1.67 bits per heavy atom. The van der Waals surface area contributed by atoms with Crippen molar-refractivity contribution in [3.63, 3.8) is 0 Å². The van der Waals surface area contributed by atoms with Gasteiger partial charge in [0, 0.05) is 5.69 Å². The van der Waals surface area contributed by atoms with Crippen LogP contribution >= 0.6 is 11.8 Å². The Hall–Kier alpha value is -1.54. The molecule has 0 aliphatic carbocycles. The number of nitrogens with zero attached hydrogens (tertiary/aromatic N) is 2. The molecule has 0 unspecified atom stereocenters. The molecule has 1 aromatic rings. The fourth-order valence-corrected chi connectivity index (χ4v) is 2.02. The SMILES string of the molecule is Cc1cc(C)c(C#N)c(SCC(N)=O)n1. The van der Waals surface area contributed by atoms with Gasteiger partial charge >= 0.3 is 0 Å². The van der Waals surface area contributed by atoms with Gasteiger partial charge in [-0.3, -0.25) is 4.79 Å². The van der Waals surface area contributed by atoms with Gasteiger partial charge in [-0.2, -0.15) is 5.26 Å². The predicted octanol–water partition coefficient (Wildman–Crippen LogP) is 1.15. The molecule has 4 nitrogen and oxygen atoms in total. The van der Waals surface area contributed by atoms with Gasteiger partial charge in [-0.1, -0.05) is 11.8 Å². The Balaban J connectivity index is 3.05. The van der Waals surface area contributed by atoms with Crippen molar-refractivity contribution in [3.05, 3.63) is 22.9 Å². The Morgan fingerprint density at radius 2 is 2.33 bits per heavy atom. The molecule has 0 atom stereocenters. The summed E-state index contributed by atoms with van der Waals surface area (Å²) in [5.41, 5.74) is 7.26. The second-order valence-electron chi connectivity index (χ2n) is 3.13. The van der Waals surface area contributed by atoms with E-state index in [1.54, 1.807) is 0 Å². The number of pyridine rings is 1. The first-order valence-corrected chi connectivity index (χ1v) is 5.32. The number of thioether (sulfide) groups is 1. The molecule has 0 aliphatic heterocycles. The summed E-state index contributed by atoms with van der Waals surface area (Å²) in [5, 5.41) is 9.51. The Labute approximate surface area is 92.5 Å². The standard InChI is InChI=1S/C10H11N3OS/c1-6-3-7(2)13-10(8(6)4-11)15-5-9(12)14/h3H,5H2,1-2H3,(H2,12,14). The van der Waals surface area contributed by atoms with Crippen molar-refractivity contribution in [2.75, 3.05) is 5.75 Å². The van der Waals surface area contributed by atoms with Crippen molar-refractivity contribution in [1.29, 1.82) is 5.26 Å². The van der Waals surface area contributed by atoms with Crippen LogP contribution in [0.4, 0.5) is 0 Å². The number of aryl methyl sites for hydroxylation is 2. The van der Waals surface area contributed by atoms with Gasteiger partial charge in [0.2, 0.25) is 5.91 Å². The third-order valence-corrected chi connectivity index (χ3v) is 2.77. The highest BCUT2D eigenvalue weighted by molar-refractivity contribution is 7.99. The van der Waals surface area contributed by atoms with Crippen molar-refractivity contribution in [2.24, 2.45) is 5.73 Å². The van der Waals surface area contributed by atoms with Crippen LogP contribution in [0.1, 0.15) is 16.8 Å². The van der Waals surface area contributed by atoms with Crippen LogP contribution in [-0.4, -0.2) is 16.6 Å². The normalized spacial score (nSPS) is 9.67. The third kappa shape index (κ3) is 2.96. The Kier molecular flexibility index (Phi) is 3.69. The molecule has 0 radical (unpaired) electrons. The van der Waals surface area contributed by atoms with Crippen molar-refractivity contribution in [2.45, 2.75) is 18.9 Å². The molecule has 2 N–H and O–H groups in total. The quantitative estimate of drug-likeness (QED) is 0.776. The number of rotatable bonds is 3. The number of amides is 1. The Bertz CT molecular complexity index is 437. The van der Waals surface area contributed by atoms with E-state index in [0.717, 1.165) is 11.3 Å². The van der Waals surface area contributed by atoms with E-state index in [-0.39, 0.29) is 5.75 Å². The molecule has 1 heterocycles. The van der Waals surface area contributed by atoms with Crippen LogP contribution in [0.15, 0.2) is 11.1 Å². The van der Waals surface area contributed by atoms with Crippen molar-refractivity contribution in [3.8, 4) is 6.07 Å². The van der Waals surface area contributed by atoms with Crippen molar-refractivity contribution < 1.29 is 4.79 Å². The lowest BCUT2D eigenvalue weighted by atomic mass is 10.1. The van der Waals surface area contributed by atoms with Crippen LogP contribution in [0.2, 0.25) is 0 Å². The summed E-state index contributed by atoms with van der Waals surface area (Å²) in [6.45, 7) is 3.70. The van der Waals surface area contributed by atoms with Crippen LogP contribution < -0.4 is 5.73 Å². The van der Waals surface area contributed by atoms with E-state index in [9.17, 15) is 4.79 Å². The van der Waals surface area contributed by atoms with Crippen LogP contribution in [0.3, 0.4) is 0 Å². The molecule has 1 aromatic heterocycles. The number of carbonyl (C=O) groups excluding carboxylic acids is 1. The van der Waals surface area contributed by atoms with E-state index in [1.807, 2.05) is 19.9 Å². The van der Waals surface area contributed by atoms with Crippen LogP contribution in [0.25, 0.3) is 0 Å². The van der Waals surface area contributed by atoms with Gasteiger partial charge in [-0.15, -0.1) is 0 Å². The maximum absolute atomic E-state index is 10.6. The minimum atomic E-state index is -0.412. The first kappa shape index (κ1) is 11.5. The Morgan fingerprint density at radius 3 is 2.87 bits per heavy atom. The molecule has 15 heavy (non-hydrogen) atoms. The van der Waals surface area contributed by atoms with Gasteiger partial charge in [0.05, 0.1) is 11.3 Å². The molecule has 0 fully saturated rings. The first-order chi connectivity index (χ1) is 7.04. The maximum atomic E-state index is 10.6. The minimum Gasteiger partial charge on any atom is -0.369 e. The van der Waals surface area contributed by atoms with Crippen LogP contribution in [0, 0.1) is 25.2 Å². The summed E-state index contributed by atoms with van der Waals surface area (Å²) in [6, 6.07) is 3.92. The van der Waals surface area contributed by atoms with Crippen LogP contribution in [-0.2, 0) is 4.79 Å². The third-order valence-electron chi connectivity index (χ3n) is 1.77. The summed E-state index contributed by atoms with van der Waals surface area (Å²) >= 11 is 1.20. The molecular weight excluding hydrogens is 210 g/mol. The molecule has 1 rings (SSSR count). The average molecular weight is 221 g/mol. The molecule has 5 heteroatoms. The molecule has 0 saturated heterocycles. The number of hydrogen-bond donors (Lipinski definition) is 1. The van der Waals surface area contributed by atoms with Crippen LogP contribution in [0.5, 0.6) is 0 Å². The molecule has 0 spiro atoms. The van der Waals surface area contributed by atoms with Crippen molar-refractivity contribution in [1.82, 2.24) is 4.98 Å². The second-order valence-corrected chi connectivity index (χ2v) is 4.09. The van der Waals surface area contributed by atoms with Gasteiger partial charge in [-0.25, -0.2) is 4.98 Å². The topological polar surface area (TPSA) is 79.8 Å². The lowest BCUT2D eigenvalue weighted by molar-refractivity contribution is -0.115. The monoisotopic (exact) mass is 221 g/mol. The number of hydrogen-bond acceptors (Lipinski definition) is 4. The summed E-state index contributed by atoms with van der Waals surface area (Å²) in [7, 11) is 0. The lowest BCUT2D eigenvalue weighted by Crippen LogP contribution is -2.13. The average Bonchev–Trinajstić information content (AvgIpc) is 2.13. The number of nitriles is 1. The zero-order chi connectivity index (χ0) is 11.4. The van der Waals surface area contributed by atoms with Gasteiger partial charge in [0.15, 0.2) is 0 Å². The van der Waals surface area contributed by atoms with E-state index in [1.165, 1.54) is 11.8 Å². The van der Waals surface area contributed by atoms with E-state index >= 15 is 0 Å². The molecule has 0 saturated carbocycles. The van der Waals surface area contributed by atoms with Gasteiger partial charge in [0.25, 0.3) is 0 Å². The lowest BCUT2D eigenvalue weighted by Gasteiger charge is -2.05. The maximum Gasteiger partial charge on any atom is 0.227 e. The molecule has 0 aromatic carbocycles. The number of primary amides is 1. The van der Waals surface area contributed by atoms with Gasteiger partial charge < -0.3 is 5.73 Å². The zero-order valence-corrected chi connectivity index (χ0v) is 9.39. The predicted molar refractivity (Wildman–Crippen MR) is 58.3 cm³/mol. The number of aromatic nitrogens is 1. The highest BCUT2D eigenvalue weighted by atomic mass is 32.2. The molecule has 0 aliphatic rings. The fourth-order valence-electron chi connectivity index (χ4n) is 1.18. The number of carbonyl (C=O) groups is 1. The largest absolute Gasteiger partial charge is 0.369 e. The van der Waals surface area contributed by atoms with Gasteiger partial charge in [0.1, 0.15) is 11.1 Å². The van der Waals surface area contributed by atoms with E-state index in [4.69, 9.17) is 11.0 Å². The highest BCUT2D eigenvalue weighted by Gasteiger charge is 2.09. The summed E-state index contributed by atoms with van der Waals surface area (Å²) < 4.78 is 0. The highest BCUT2D eigenvalue weighted by Crippen LogP contribution is 2.22. The fraction of sp³-hybridized carbons (Fsp3) is 0.300. The first-order valence-electron chi connectivity index (χ1n) is 4.34. The van der Waals surface area contributed by atoms with E-state index in [2.05, 4.69) is 11.1 Å². The van der Waals surface area contributed by atoms with Gasteiger partial charge in [-0.05, 0) is 25.5 Å².